The predicted molar refractivity (Wildman–Crippen MR) is 106 cm³/mol. The molecule has 0 saturated heterocycles. The van der Waals surface area contributed by atoms with Crippen LogP contribution in [0.5, 0.6) is 0 Å². The van der Waals surface area contributed by atoms with Gasteiger partial charge in [0.05, 0.1) is 16.3 Å². The Morgan fingerprint density at radius 2 is 2.00 bits per heavy atom. The summed E-state index contributed by atoms with van der Waals surface area (Å²) in [6.45, 7) is 9.26. The molecule has 1 aliphatic heterocycles. The minimum Gasteiger partial charge on any atom is -0.293 e. The Bertz CT molecular complexity index is 897. The summed E-state index contributed by atoms with van der Waals surface area (Å²) < 4.78 is 0. The van der Waals surface area contributed by atoms with E-state index in [4.69, 9.17) is 9.97 Å². The highest BCUT2D eigenvalue weighted by atomic mass is 32.1. The van der Waals surface area contributed by atoms with Gasteiger partial charge < -0.3 is 0 Å². The fourth-order valence-corrected chi connectivity index (χ4v) is 3.92. The molecule has 3 aromatic rings. The molecule has 1 aliphatic rings. The molecule has 4 nitrogen and oxygen atoms in total. The van der Waals surface area contributed by atoms with Crippen LogP contribution in [0.1, 0.15) is 43.5 Å². The monoisotopic (exact) mass is 364 g/mol. The second-order valence-corrected chi connectivity index (χ2v) is 8.82. The molecule has 0 atom stereocenters. The van der Waals surface area contributed by atoms with E-state index in [0.29, 0.717) is 0 Å². The van der Waals surface area contributed by atoms with Gasteiger partial charge in [0, 0.05) is 48.9 Å². The molecule has 0 N–H and O–H groups in total. The van der Waals surface area contributed by atoms with Gasteiger partial charge in [-0.25, -0.2) is 9.97 Å². The maximum absolute atomic E-state index is 4.85. The van der Waals surface area contributed by atoms with Crippen LogP contribution in [0.2, 0.25) is 0 Å². The van der Waals surface area contributed by atoms with E-state index in [1.807, 2.05) is 6.20 Å². The van der Waals surface area contributed by atoms with Crippen LogP contribution in [0.3, 0.4) is 0 Å². The first-order valence-electron chi connectivity index (χ1n) is 9.06. The Kier molecular flexibility index (Phi) is 4.59. The SMILES string of the molecule is CC(C)(C)c1ncc2c(n1)CCN(Cc1cccc(-c3cccs3)n1)C2. The normalized spacial score (nSPS) is 15.0. The van der Waals surface area contributed by atoms with Gasteiger partial charge in [-0.3, -0.25) is 9.88 Å². The van der Waals surface area contributed by atoms with Crippen LogP contribution >= 0.6 is 11.3 Å². The van der Waals surface area contributed by atoms with Gasteiger partial charge in [-0.05, 0) is 23.6 Å². The first kappa shape index (κ1) is 17.3. The van der Waals surface area contributed by atoms with E-state index in [0.717, 1.165) is 43.3 Å². The van der Waals surface area contributed by atoms with Gasteiger partial charge >= 0.3 is 0 Å². The summed E-state index contributed by atoms with van der Waals surface area (Å²) in [6, 6.07) is 10.5. The van der Waals surface area contributed by atoms with Crippen molar-refractivity contribution in [1.29, 1.82) is 0 Å². The molecular weight excluding hydrogens is 340 g/mol. The molecule has 0 unspecified atom stereocenters. The highest BCUT2D eigenvalue weighted by Gasteiger charge is 2.23. The standard InChI is InChI=1S/C21H24N4S/c1-21(2,3)20-22-12-15-13-25(10-9-17(15)24-20)14-16-6-4-7-18(23-16)19-8-5-11-26-19/h4-8,11-12H,9-10,13-14H2,1-3H3. The van der Waals surface area contributed by atoms with E-state index in [9.17, 15) is 0 Å². The lowest BCUT2D eigenvalue weighted by atomic mass is 9.95. The molecule has 0 fully saturated rings. The molecule has 4 rings (SSSR count). The lowest BCUT2D eigenvalue weighted by Crippen LogP contribution is -2.32. The lowest BCUT2D eigenvalue weighted by molar-refractivity contribution is 0.239. The summed E-state index contributed by atoms with van der Waals surface area (Å²) >= 11 is 1.73. The summed E-state index contributed by atoms with van der Waals surface area (Å²) in [6.07, 6.45) is 3.00. The number of rotatable bonds is 3. The second kappa shape index (κ2) is 6.89. The molecule has 0 spiro atoms. The van der Waals surface area contributed by atoms with Gasteiger partial charge in [0.2, 0.25) is 0 Å². The van der Waals surface area contributed by atoms with Crippen LogP contribution < -0.4 is 0 Å². The molecule has 0 saturated carbocycles. The minimum absolute atomic E-state index is 0.00167. The van der Waals surface area contributed by atoms with E-state index >= 15 is 0 Å². The van der Waals surface area contributed by atoms with Crippen molar-refractivity contribution < 1.29 is 0 Å². The Balaban J connectivity index is 1.49. The van der Waals surface area contributed by atoms with Crippen molar-refractivity contribution in [3.8, 4) is 10.6 Å². The third-order valence-electron chi connectivity index (χ3n) is 4.65. The lowest BCUT2D eigenvalue weighted by Gasteiger charge is -2.28. The molecule has 5 heteroatoms. The van der Waals surface area contributed by atoms with Crippen LogP contribution in [0.25, 0.3) is 10.6 Å². The third-order valence-corrected chi connectivity index (χ3v) is 5.54. The number of nitrogens with zero attached hydrogens (tertiary/aromatic N) is 4. The Morgan fingerprint density at radius 3 is 2.77 bits per heavy atom. The van der Waals surface area contributed by atoms with Gasteiger partial charge in [0.25, 0.3) is 0 Å². The zero-order valence-corrected chi connectivity index (χ0v) is 16.4. The van der Waals surface area contributed by atoms with Crippen LogP contribution in [-0.2, 0) is 24.9 Å². The van der Waals surface area contributed by atoms with Crippen LogP contribution in [0.15, 0.2) is 41.9 Å². The Hall–Kier alpha value is -2.11. The topological polar surface area (TPSA) is 41.9 Å². The van der Waals surface area contributed by atoms with Crippen LogP contribution in [-0.4, -0.2) is 26.4 Å². The number of fused-ring (bicyclic) bond motifs is 1. The van der Waals surface area contributed by atoms with Gasteiger partial charge in [-0.2, -0.15) is 0 Å². The smallest absolute Gasteiger partial charge is 0.133 e. The van der Waals surface area contributed by atoms with Gasteiger partial charge in [-0.1, -0.05) is 32.9 Å². The summed E-state index contributed by atoms with van der Waals surface area (Å²) in [5.74, 6) is 0.940. The minimum atomic E-state index is -0.00167. The highest BCUT2D eigenvalue weighted by molar-refractivity contribution is 7.13. The fraction of sp³-hybridized carbons (Fsp3) is 0.381. The highest BCUT2D eigenvalue weighted by Crippen LogP contribution is 2.25. The first-order valence-corrected chi connectivity index (χ1v) is 9.94. The van der Waals surface area contributed by atoms with Gasteiger partial charge in [-0.15, -0.1) is 11.3 Å². The van der Waals surface area contributed by atoms with E-state index in [1.165, 1.54) is 16.1 Å². The molecule has 134 valence electrons. The molecule has 0 aliphatic carbocycles. The molecular formula is C21H24N4S. The van der Waals surface area contributed by atoms with E-state index in [1.54, 1.807) is 11.3 Å². The van der Waals surface area contributed by atoms with Crippen molar-refractivity contribution in [3.63, 3.8) is 0 Å². The van der Waals surface area contributed by atoms with E-state index in [2.05, 4.69) is 66.4 Å². The number of hydrogen-bond acceptors (Lipinski definition) is 5. The number of thiophene rings is 1. The van der Waals surface area contributed by atoms with Gasteiger partial charge in [0.1, 0.15) is 5.82 Å². The predicted octanol–water partition coefficient (Wildman–Crippen LogP) is 4.46. The average Bonchev–Trinajstić information content (AvgIpc) is 3.15. The number of pyridine rings is 1. The summed E-state index contributed by atoms with van der Waals surface area (Å²) in [4.78, 5) is 17.9. The fourth-order valence-electron chi connectivity index (χ4n) is 3.23. The van der Waals surface area contributed by atoms with Crippen molar-refractivity contribution >= 4 is 11.3 Å². The molecule has 0 aromatic carbocycles. The number of hydrogen-bond donors (Lipinski definition) is 0. The largest absolute Gasteiger partial charge is 0.293 e. The average molecular weight is 365 g/mol. The van der Waals surface area contributed by atoms with Crippen molar-refractivity contribution in [3.05, 3.63) is 64.7 Å². The zero-order chi connectivity index (χ0) is 18.1. The zero-order valence-electron chi connectivity index (χ0n) is 15.6. The van der Waals surface area contributed by atoms with Gasteiger partial charge in [0.15, 0.2) is 0 Å². The Labute approximate surface area is 159 Å². The maximum Gasteiger partial charge on any atom is 0.133 e. The molecule has 3 aromatic heterocycles. The van der Waals surface area contributed by atoms with E-state index < -0.39 is 0 Å². The third kappa shape index (κ3) is 3.69. The quantitative estimate of drug-likeness (QED) is 0.688. The van der Waals surface area contributed by atoms with E-state index in [-0.39, 0.29) is 5.41 Å². The molecule has 26 heavy (non-hydrogen) atoms. The van der Waals surface area contributed by atoms with Crippen LogP contribution in [0.4, 0.5) is 0 Å². The van der Waals surface area contributed by atoms with Crippen molar-refractivity contribution in [2.45, 2.75) is 45.7 Å². The van der Waals surface area contributed by atoms with Crippen molar-refractivity contribution in [2.24, 2.45) is 0 Å². The number of aromatic nitrogens is 3. The Morgan fingerprint density at radius 1 is 1.12 bits per heavy atom. The van der Waals surface area contributed by atoms with Crippen LogP contribution in [0, 0.1) is 0 Å². The molecule has 0 radical (unpaired) electrons. The second-order valence-electron chi connectivity index (χ2n) is 7.87. The van der Waals surface area contributed by atoms with Crippen molar-refractivity contribution in [2.75, 3.05) is 6.54 Å². The maximum atomic E-state index is 4.85. The first-order chi connectivity index (χ1) is 12.5. The summed E-state index contributed by atoms with van der Waals surface area (Å²) in [5, 5.41) is 2.09. The summed E-state index contributed by atoms with van der Waals surface area (Å²) in [7, 11) is 0. The molecule has 0 amide bonds. The summed E-state index contributed by atoms with van der Waals surface area (Å²) in [5.41, 5.74) is 4.64. The van der Waals surface area contributed by atoms with Crippen molar-refractivity contribution in [1.82, 2.24) is 19.9 Å². The molecule has 0 bridgehead atoms. The molecule has 4 heterocycles.